The van der Waals surface area contributed by atoms with Crippen LogP contribution in [0.1, 0.15) is 6.42 Å². The first-order valence-electron chi connectivity index (χ1n) is 6.82. The van der Waals surface area contributed by atoms with Gasteiger partial charge in [0, 0.05) is 18.2 Å². The van der Waals surface area contributed by atoms with Crippen molar-refractivity contribution in [1.29, 1.82) is 0 Å². The van der Waals surface area contributed by atoms with Crippen molar-refractivity contribution in [3.63, 3.8) is 0 Å². The summed E-state index contributed by atoms with van der Waals surface area (Å²) in [7, 11) is 0. The number of halogens is 1. The molecule has 5 heteroatoms. The molecule has 0 aliphatic heterocycles. The topological polar surface area (TPSA) is 47.0 Å². The third-order valence-electron chi connectivity index (χ3n) is 2.75. The van der Waals surface area contributed by atoms with E-state index in [1.165, 1.54) is 0 Å². The van der Waals surface area contributed by atoms with Gasteiger partial charge >= 0.3 is 0 Å². The van der Waals surface area contributed by atoms with Gasteiger partial charge in [0.1, 0.15) is 11.0 Å². The van der Waals surface area contributed by atoms with Gasteiger partial charge in [-0.25, -0.2) is 9.97 Å². The van der Waals surface area contributed by atoms with E-state index in [0.717, 1.165) is 12.0 Å². The van der Waals surface area contributed by atoms with Crippen LogP contribution in [-0.4, -0.2) is 29.7 Å². The molecule has 0 radical (unpaired) electrons. The Morgan fingerprint density at radius 2 is 2.00 bits per heavy atom. The van der Waals surface area contributed by atoms with Crippen molar-refractivity contribution < 1.29 is 4.74 Å². The molecule has 0 saturated carbocycles. The van der Waals surface area contributed by atoms with E-state index in [1.54, 1.807) is 6.07 Å². The molecule has 21 heavy (non-hydrogen) atoms. The second kappa shape index (κ2) is 8.39. The van der Waals surface area contributed by atoms with E-state index in [0.29, 0.717) is 36.6 Å². The fraction of sp³-hybridized carbons (Fsp3) is 0.250. The Hall–Kier alpha value is -1.91. The minimum absolute atomic E-state index is 0.416. The Morgan fingerprint density at radius 1 is 1.19 bits per heavy atom. The maximum Gasteiger partial charge on any atom is 0.163 e. The molecule has 0 unspecified atom stereocenters. The summed E-state index contributed by atoms with van der Waals surface area (Å²) >= 11 is 6.05. The Morgan fingerprint density at radius 3 is 2.76 bits per heavy atom. The molecule has 110 valence electrons. The van der Waals surface area contributed by atoms with Crippen LogP contribution in [0.15, 0.2) is 49.1 Å². The summed E-state index contributed by atoms with van der Waals surface area (Å²) in [5, 5.41) is 3.60. The van der Waals surface area contributed by atoms with Crippen LogP contribution >= 0.6 is 11.6 Å². The molecule has 0 amide bonds. The number of hydrogen-bond donors (Lipinski definition) is 1. The molecule has 2 aromatic rings. The van der Waals surface area contributed by atoms with Gasteiger partial charge in [-0.1, -0.05) is 48.0 Å². The molecule has 1 N–H and O–H groups in total. The minimum Gasteiger partial charge on any atom is -0.379 e. The lowest BCUT2D eigenvalue weighted by atomic mass is 10.2. The fourth-order valence-corrected chi connectivity index (χ4v) is 1.93. The summed E-state index contributed by atoms with van der Waals surface area (Å²) < 4.78 is 5.43. The van der Waals surface area contributed by atoms with Gasteiger partial charge in [-0.15, -0.1) is 6.58 Å². The van der Waals surface area contributed by atoms with E-state index >= 15 is 0 Å². The lowest BCUT2D eigenvalue weighted by Gasteiger charge is -2.08. The Balaban J connectivity index is 1.94. The van der Waals surface area contributed by atoms with Crippen molar-refractivity contribution >= 4 is 17.4 Å². The van der Waals surface area contributed by atoms with Gasteiger partial charge in [0.2, 0.25) is 0 Å². The highest BCUT2D eigenvalue weighted by Crippen LogP contribution is 2.19. The van der Waals surface area contributed by atoms with Crippen molar-refractivity contribution in [2.75, 3.05) is 25.1 Å². The van der Waals surface area contributed by atoms with E-state index in [4.69, 9.17) is 16.3 Å². The quantitative estimate of drug-likeness (QED) is 0.458. The summed E-state index contributed by atoms with van der Waals surface area (Å²) in [6.07, 6.45) is 2.70. The second-order valence-corrected chi connectivity index (χ2v) is 4.77. The van der Waals surface area contributed by atoms with Crippen molar-refractivity contribution in [1.82, 2.24) is 9.97 Å². The first-order valence-corrected chi connectivity index (χ1v) is 7.20. The number of hydrogen-bond acceptors (Lipinski definition) is 4. The summed E-state index contributed by atoms with van der Waals surface area (Å²) in [6.45, 7) is 5.61. The van der Waals surface area contributed by atoms with Crippen molar-refractivity contribution in [3.8, 4) is 11.4 Å². The predicted molar refractivity (Wildman–Crippen MR) is 86.6 cm³/mol. The number of rotatable bonds is 8. The van der Waals surface area contributed by atoms with E-state index in [-0.39, 0.29) is 0 Å². The molecule has 0 atom stereocenters. The van der Waals surface area contributed by atoms with Gasteiger partial charge in [-0.3, -0.25) is 0 Å². The molecule has 0 aliphatic rings. The number of nitrogens with zero attached hydrogens (tertiary/aromatic N) is 2. The minimum atomic E-state index is 0.416. The SMILES string of the molecule is C=CCCOCCNc1cc(Cl)nc(-c2ccccc2)n1. The molecular formula is C16H18ClN3O. The van der Waals surface area contributed by atoms with E-state index in [1.807, 2.05) is 36.4 Å². The average Bonchev–Trinajstić information content (AvgIpc) is 2.51. The zero-order chi connectivity index (χ0) is 14.9. The largest absolute Gasteiger partial charge is 0.379 e. The van der Waals surface area contributed by atoms with Gasteiger partial charge in [-0.2, -0.15) is 0 Å². The Bertz CT molecular complexity index is 575. The third-order valence-corrected chi connectivity index (χ3v) is 2.94. The molecule has 4 nitrogen and oxygen atoms in total. The van der Waals surface area contributed by atoms with Gasteiger partial charge in [0.05, 0.1) is 13.2 Å². The molecule has 1 aromatic heterocycles. The van der Waals surface area contributed by atoms with E-state index in [9.17, 15) is 0 Å². The molecule has 0 aliphatic carbocycles. The van der Waals surface area contributed by atoms with Crippen LogP contribution in [0.2, 0.25) is 5.15 Å². The van der Waals surface area contributed by atoms with Crippen LogP contribution in [0.4, 0.5) is 5.82 Å². The zero-order valence-corrected chi connectivity index (χ0v) is 12.5. The predicted octanol–water partition coefficient (Wildman–Crippen LogP) is 3.80. The van der Waals surface area contributed by atoms with Crippen LogP contribution < -0.4 is 5.32 Å². The van der Waals surface area contributed by atoms with Crippen LogP contribution in [0.25, 0.3) is 11.4 Å². The van der Waals surface area contributed by atoms with E-state index < -0.39 is 0 Å². The highest BCUT2D eigenvalue weighted by Gasteiger charge is 2.05. The molecular weight excluding hydrogens is 286 g/mol. The van der Waals surface area contributed by atoms with Crippen molar-refractivity contribution in [3.05, 3.63) is 54.2 Å². The highest BCUT2D eigenvalue weighted by atomic mass is 35.5. The van der Waals surface area contributed by atoms with Crippen LogP contribution in [-0.2, 0) is 4.74 Å². The summed E-state index contributed by atoms with van der Waals surface area (Å²) in [4.78, 5) is 8.70. The summed E-state index contributed by atoms with van der Waals surface area (Å²) in [6, 6.07) is 11.5. The van der Waals surface area contributed by atoms with Crippen LogP contribution in [0.5, 0.6) is 0 Å². The van der Waals surface area contributed by atoms with E-state index in [2.05, 4.69) is 21.9 Å². The third kappa shape index (κ3) is 5.17. The maximum atomic E-state index is 6.05. The number of benzene rings is 1. The summed E-state index contributed by atoms with van der Waals surface area (Å²) in [5.41, 5.74) is 0.935. The van der Waals surface area contributed by atoms with Crippen molar-refractivity contribution in [2.24, 2.45) is 0 Å². The number of nitrogens with one attached hydrogen (secondary N) is 1. The lowest BCUT2D eigenvalue weighted by Crippen LogP contribution is -2.11. The molecule has 0 bridgehead atoms. The lowest BCUT2D eigenvalue weighted by molar-refractivity contribution is 0.149. The number of ether oxygens (including phenoxy) is 1. The zero-order valence-electron chi connectivity index (χ0n) is 11.8. The smallest absolute Gasteiger partial charge is 0.163 e. The average molecular weight is 304 g/mol. The Kier molecular flexibility index (Phi) is 6.19. The Labute approximate surface area is 129 Å². The van der Waals surface area contributed by atoms with Gasteiger partial charge in [0.25, 0.3) is 0 Å². The molecule has 0 saturated heterocycles. The maximum absolute atomic E-state index is 6.05. The van der Waals surface area contributed by atoms with Gasteiger partial charge in [0.15, 0.2) is 5.82 Å². The normalized spacial score (nSPS) is 10.3. The second-order valence-electron chi connectivity index (χ2n) is 4.38. The fourth-order valence-electron chi connectivity index (χ4n) is 1.74. The van der Waals surface area contributed by atoms with Crippen LogP contribution in [0, 0.1) is 0 Å². The molecule has 2 rings (SSSR count). The first kappa shape index (κ1) is 15.5. The molecule has 1 heterocycles. The number of aromatic nitrogens is 2. The molecule has 1 aromatic carbocycles. The van der Waals surface area contributed by atoms with Gasteiger partial charge in [-0.05, 0) is 6.42 Å². The van der Waals surface area contributed by atoms with Crippen molar-refractivity contribution in [2.45, 2.75) is 6.42 Å². The van der Waals surface area contributed by atoms with Crippen LogP contribution in [0.3, 0.4) is 0 Å². The molecule has 0 fully saturated rings. The standard InChI is InChI=1S/C16H18ClN3O/c1-2-3-10-21-11-9-18-15-12-14(17)19-16(20-15)13-7-5-4-6-8-13/h2,4-8,12H,1,3,9-11H2,(H,18,19,20). The van der Waals surface area contributed by atoms with Gasteiger partial charge < -0.3 is 10.1 Å². The highest BCUT2D eigenvalue weighted by molar-refractivity contribution is 6.29. The first-order chi connectivity index (χ1) is 10.3. The monoisotopic (exact) mass is 303 g/mol. The summed E-state index contributed by atoms with van der Waals surface area (Å²) in [5.74, 6) is 1.30. The molecule has 0 spiro atoms. The number of anilines is 1.